The summed E-state index contributed by atoms with van der Waals surface area (Å²) >= 11 is 0. The first-order chi connectivity index (χ1) is 14.4. The molecule has 0 aliphatic carbocycles. The standard InChI is InChI=1S/C19H21FN2O7S2/c1-12-9-14(19(23)24)10-17(13(12)2)30(25,26)21-15-3-4-16(20)18(11-15)31(27,28)22-5-7-29-8-6-22/h3-4,9-11,21H,5-8H2,1-2H3,(H,23,24). The van der Waals surface area contributed by atoms with Gasteiger partial charge in [0.05, 0.1) is 29.4 Å². The lowest BCUT2D eigenvalue weighted by Gasteiger charge is -2.26. The number of ether oxygens (including phenoxy) is 1. The first-order valence-corrected chi connectivity index (χ1v) is 12.1. The van der Waals surface area contributed by atoms with Crippen molar-refractivity contribution >= 4 is 31.7 Å². The van der Waals surface area contributed by atoms with Crippen LogP contribution in [0.1, 0.15) is 21.5 Å². The quantitative estimate of drug-likeness (QED) is 0.657. The van der Waals surface area contributed by atoms with E-state index in [0.717, 1.165) is 28.6 Å². The van der Waals surface area contributed by atoms with Gasteiger partial charge < -0.3 is 9.84 Å². The third kappa shape index (κ3) is 4.71. The molecule has 0 atom stereocenters. The maximum absolute atomic E-state index is 14.4. The van der Waals surface area contributed by atoms with E-state index >= 15 is 0 Å². The molecule has 2 aromatic rings. The molecule has 0 unspecified atom stereocenters. The largest absolute Gasteiger partial charge is 0.478 e. The number of hydrogen-bond acceptors (Lipinski definition) is 6. The highest BCUT2D eigenvalue weighted by atomic mass is 32.2. The number of rotatable bonds is 6. The molecule has 3 rings (SSSR count). The van der Waals surface area contributed by atoms with Crippen LogP contribution in [0, 0.1) is 19.7 Å². The van der Waals surface area contributed by atoms with Crippen molar-refractivity contribution in [3.8, 4) is 0 Å². The molecule has 1 aliphatic heterocycles. The molecule has 0 bridgehead atoms. The van der Waals surface area contributed by atoms with Gasteiger partial charge in [-0.25, -0.2) is 26.0 Å². The number of carboxylic acid groups (broad SMARTS) is 1. The van der Waals surface area contributed by atoms with Gasteiger partial charge >= 0.3 is 5.97 Å². The molecule has 0 spiro atoms. The van der Waals surface area contributed by atoms with Crippen molar-refractivity contribution in [3.05, 3.63) is 52.8 Å². The minimum Gasteiger partial charge on any atom is -0.478 e. The fourth-order valence-corrected chi connectivity index (χ4v) is 6.02. The van der Waals surface area contributed by atoms with Crippen LogP contribution in [0.25, 0.3) is 0 Å². The van der Waals surface area contributed by atoms with E-state index in [-0.39, 0.29) is 42.4 Å². The van der Waals surface area contributed by atoms with Crippen LogP contribution >= 0.6 is 0 Å². The number of benzene rings is 2. The van der Waals surface area contributed by atoms with E-state index in [4.69, 9.17) is 4.74 Å². The van der Waals surface area contributed by atoms with E-state index in [9.17, 15) is 31.1 Å². The van der Waals surface area contributed by atoms with E-state index in [1.54, 1.807) is 6.92 Å². The van der Waals surface area contributed by atoms with E-state index in [0.29, 0.717) is 11.1 Å². The van der Waals surface area contributed by atoms with Crippen molar-refractivity contribution in [2.75, 3.05) is 31.0 Å². The topological polar surface area (TPSA) is 130 Å². The Balaban J connectivity index is 2.00. The Hall–Kier alpha value is -2.54. The zero-order valence-corrected chi connectivity index (χ0v) is 18.4. The van der Waals surface area contributed by atoms with Gasteiger partial charge in [0, 0.05) is 13.1 Å². The van der Waals surface area contributed by atoms with Crippen LogP contribution in [0.15, 0.2) is 40.1 Å². The molecule has 168 valence electrons. The average molecular weight is 473 g/mol. The minimum absolute atomic E-state index is 0.0538. The van der Waals surface area contributed by atoms with E-state index < -0.39 is 36.7 Å². The first-order valence-electron chi connectivity index (χ1n) is 9.18. The van der Waals surface area contributed by atoms with Crippen LogP contribution in [0.5, 0.6) is 0 Å². The van der Waals surface area contributed by atoms with Gasteiger partial charge in [-0.15, -0.1) is 0 Å². The Kier molecular flexibility index (Phi) is 6.37. The van der Waals surface area contributed by atoms with Gasteiger partial charge in [-0.2, -0.15) is 4.31 Å². The molecule has 2 aromatic carbocycles. The van der Waals surface area contributed by atoms with E-state index in [2.05, 4.69) is 4.72 Å². The molecule has 0 radical (unpaired) electrons. The molecule has 1 saturated heterocycles. The van der Waals surface area contributed by atoms with Gasteiger partial charge in [0.1, 0.15) is 10.7 Å². The molecular formula is C19H21FN2O7S2. The number of aromatic carboxylic acids is 1. The lowest BCUT2D eigenvalue weighted by molar-refractivity contribution is 0.0696. The van der Waals surface area contributed by atoms with Crippen LogP contribution in [-0.2, 0) is 24.8 Å². The van der Waals surface area contributed by atoms with Gasteiger partial charge in [0.2, 0.25) is 10.0 Å². The summed E-state index contributed by atoms with van der Waals surface area (Å²) in [6.45, 7) is 3.55. The van der Waals surface area contributed by atoms with Crippen molar-refractivity contribution in [2.24, 2.45) is 0 Å². The fraction of sp³-hybridized carbons (Fsp3) is 0.316. The zero-order chi connectivity index (χ0) is 23.0. The van der Waals surface area contributed by atoms with Crippen molar-refractivity contribution in [1.82, 2.24) is 4.31 Å². The van der Waals surface area contributed by atoms with E-state index in [1.165, 1.54) is 13.0 Å². The van der Waals surface area contributed by atoms with Gasteiger partial charge in [-0.3, -0.25) is 4.72 Å². The van der Waals surface area contributed by atoms with Gasteiger partial charge in [-0.1, -0.05) is 0 Å². The van der Waals surface area contributed by atoms with Crippen LogP contribution in [-0.4, -0.2) is 58.5 Å². The maximum Gasteiger partial charge on any atom is 0.335 e. The Morgan fingerprint density at radius 3 is 2.32 bits per heavy atom. The number of nitrogens with one attached hydrogen (secondary N) is 1. The summed E-state index contributed by atoms with van der Waals surface area (Å²) in [6.07, 6.45) is 0. The van der Waals surface area contributed by atoms with Crippen LogP contribution in [0.4, 0.5) is 10.1 Å². The number of aryl methyl sites for hydroxylation is 1. The summed E-state index contributed by atoms with van der Waals surface area (Å²) in [4.78, 5) is 10.4. The molecule has 9 nitrogen and oxygen atoms in total. The summed E-state index contributed by atoms with van der Waals surface area (Å²) < 4.78 is 74.2. The van der Waals surface area contributed by atoms with Crippen LogP contribution in [0.2, 0.25) is 0 Å². The summed E-state index contributed by atoms with van der Waals surface area (Å²) in [5, 5.41) is 9.22. The molecule has 1 aliphatic rings. The van der Waals surface area contributed by atoms with Gasteiger partial charge in [0.15, 0.2) is 0 Å². The molecule has 1 fully saturated rings. The van der Waals surface area contributed by atoms with Crippen molar-refractivity contribution in [2.45, 2.75) is 23.6 Å². The van der Waals surface area contributed by atoms with Crippen molar-refractivity contribution < 1.29 is 35.9 Å². The molecular weight excluding hydrogens is 451 g/mol. The third-order valence-corrected chi connectivity index (χ3v) is 8.35. The predicted octanol–water partition coefficient (Wildman–Crippen LogP) is 1.96. The van der Waals surface area contributed by atoms with Gasteiger partial charge in [-0.05, 0) is 55.3 Å². The highest BCUT2D eigenvalue weighted by Gasteiger charge is 2.30. The second-order valence-corrected chi connectivity index (χ2v) is 10.5. The number of sulfonamides is 2. The third-order valence-electron chi connectivity index (χ3n) is 4.93. The Labute approximate surface area is 179 Å². The number of anilines is 1. The van der Waals surface area contributed by atoms with Gasteiger partial charge in [0.25, 0.3) is 10.0 Å². The summed E-state index contributed by atoms with van der Waals surface area (Å²) in [5.41, 5.74) is 0.403. The average Bonchev–Trinajstić information content (AvgIpc) is 2.71. The molecule has 0 aromatic heterocycles. The summed E-state index contributed by atoms with van der Waals surface area (Å²) in [6, 6.07) is 5.22. The first kappa shape index (κ1) is 23.1. The lowest BCUT2D eigenvalue weighted by atomic mass is 10.1. The summed E-state index contributed by atoms with van der Waals surface area (Å²) in [5.74, 6) is -2.31. The fourth-order valence-electron chi connectivity index (χ4n) is 3.13. The summed E-state index contributed by atoms with van der Waals surface area (Å²) in [7, 11) is -8.49. The molecule has 2 N–H and O–H groups in total. The molecule has 0 saturated carbocycles. The molecule has 31 heavy (non-hydrogen) atoms. The second kappa shape index (κ2) is 8.54. The minimum atomic E-state index is -4.29. The number of carbonyl (C=O) groups is 1. The molecule has 1 heterocycles. The SMILES string of the molecule is Cc1cc(C(=O)O)cc(S(=O)(=O)Nc2ccc(F)c(S(=O)(=O)N3CCOCC3)c2)c1C. The van der Waals surface area contributed by atoms with Crippen molar-refractivity contribution in [3.63, 3.8) is 0 Å². The highest BCUT2D eigenvalue weighted by Crippen LogP contribution is 2.27. The number of halogens is 1. The molecule has 12 heteroatoms. The zero-order valence-electron chi connectivity index (χ0n) is 16.8. The Bertz CT molecular complexity index is 1240. The number of nitrogens with zero attached hydrogens (tertiary/aromatic N) is 1. The Morgan fingerprint density at radius 2 is 1.71 bits per heavy atom. The van der Waals surface area contributed by atoms with E-state index in [1.807, 2.05) is 0 Å². The predicted molar refractivity (Wildman–Crippen MR) is 110 cm³/mol. The van der Waals surface area contributed by atoms with Crippen molar-refractivity contribution in [1.29, 1.82) is 0 Å². The number of hydrogen-bond donors (Lipinski definition) is 2. The highest BCUT2D eigenvalue weighted by molar-refractivity contribution is 7.92. The van der Waals surface area contributed by atoms with Crippen LogP contribution < -0.4 is 4.72 Å². The smallest absolute Gasteiger partial charge is 0.335 e. The lowest BCUT2D eigenvalue weighted by Crippen LogP contribution is -2.40. The number of morpholine rings is 1. The normalized spacial score (nSPS) is 15.6. The maximum atomic E-state index is 14.4. The van der Waals surface area contributed by atoms with Crippen LogP contribution in [0.3, 0.4) is 0 Å². The second-order valence-electron chi connectivity index (χ2n) is 6.99. The Morgan fingerprint density at radius 1 is 1.06 bits per heavy atom. The number of carboxylic acids is 1. The molecule has 0 amide bonds. The monoisotopic (exact) mass is 472 g/mol.